The van der Waals surface area contributed by atoms with Crippen LogP contribution in [0.25, 0.3) is 0 Å². The maximum Gasteiger partial charge on any atom is 0.176 e. The van der Waals surface area contributed by atoms with Crippen molar-refractivity contribution in [2.45, 2.75) is 25.8 Å². The van der Waals surface area contributed by atoms with Gasteiger partial charge in [-0.15, -0.1) is 0 Å². The maximum absolute atomic E-state index is 9.66. The number of likely N-dealkylation sites (tertiary alicyclic amines) is 1. The minimum Gasteiger partial charge on any atom is -0.503 e. The number of benzene rings is 1. The summed E-state index contributed by atoms with van der Waals surface area (Å²) in [6.07, 6.45) is 3.86. The lowest BCUT2D eigenvalue weighted by Gasteiger charge is -2.26. The van der Waals surface area contributed by atoms with Gasteiger partial charge in [-0.3, -0.25) is 4.90 Å². The molecule has 1 fully saturated rings. The van der Waals surface area contributed by atoms with Gasteiger partial charge in [0.25, 0.3) is 0 Å². The standard InChI is InChI=1S/C13H18ClNO2/c1-17-12-8-10(7-11(14)13(12)16)9-15-5-3-2-4-6-15/h7-8,16H,2-6,9H2,1H3. The van der Waals surface area contributed by atoms with E-state index in [4.69, 9.17) is 16.3 Å². The van der Waals surface area contributed by atoms with Crippen LogP contribution in [0.4, 0.5) is 0 Å². The number of rotatable bonds is 3. The monoisotopic (exact) mass is 255 g/mol. The Morgan fingerprint density at radius 1 is 1.29 bits per heavy atom. The number of piperidine rings is 1. The summed E-state index contributed by atoms with van der Waals surface area (Å²) in [5.41, 5.74) is 1.09. The third-order valence-corrected chi connectivity index (χ3v) is 3.45. The van der Waals surface area contributed by atoms with E-state index in [-0.39, 0.29) is 5.75 Å². The van der Waals surface area contributed by atoms with Gasteiger partial charge in [-0.05, 0) is 43.6 Å². The van der Waals surface area contributed by atoms with Gasteiger partial charge in [0.1, 0.15) is 0 Å². The van der Waals surface area contributed by atoms with Crippen LogP contribution in [0.15, 0.2) is 12.1 Å². The Morgan fingerprint density at radius 2 is 2.00 bits per heavy atom. The fourth-order valence-corrected chi connectivity index (χ4v) is 2.48. The normalized spacial score (nSPS) is 17.1. The third kappa shape index (κ3) is 3.05. The third-order valence-electron chi connectivity index (χ3n) is 3.16. The zero-order valence-electron chi connectivity index (χ0n) is 10.1. The first-order chi connectivity index (χ1) is 8.20. The number of phenolic OH excluding ortho intramolecular Hbond substituents is 1. The lowest BCUT2D eigenvalue weighted by atomic mass is 10.1. The van der Waals surface area contributed by atoms with Gasteiger partial charge >= 0.3 is 0 Å². The largest absolute Gasteiger partial charge is 0.503 e. The van der Waals surface area contributed by atoms with Crippen LogP contribution in [0.2, 0.25) is 5.02 Å². The number of nitrogens with zero attached hydrogens (tertiary/aromatic N) is 1. The molecule has 3 nitrogen and oxygen atoms in total. The van der Waals surface area contributed by atoms with Gasteiger partial charge < -0.3 is 9.84 Å². The molecule has 94 valence electrons. The highest BCUT2D eigenvalue weighted by atomic mass is 35.5. The lowest BCUT2D eigenvalue weighted by Crippen LogP contribution is -2.29. The molecule has 0 saturated carbocycles. The van der Waals surface area contributed by atoms with Crippen molar-refractivity contribution in [2.24, 2.45) is 0 Å². The van der Waals surface area contributed by atoms with E-state index in [1.807, 2.05) is 12.1 Å². The van der Waals surface area contributed by atoms with Crippen molar-refractivity contribution in [1.29, 1.82) is 0 Å². The van der Waals surface area contributed by atoms with Gasteiger partial charge in [-0.1, -0.05) is 18.0 Å². The van der Waals surface area contributed by atoms with E-state index in [1.165, 1.54) is 26.4 Å². The molecule has 4 heteroatoms. The molecule has 1 aromatic rings. The number of phenols is 1. The van der Waals surface area contributed by atoms with Crippen LogP contribution in [0.3, 0.4) is 0 Å². The zero-order valence-corrected chi connectivity index (χ0v) is 10.8. The van der Waals surface area contributed by atoms with Crippen molar-refractivity contribution in [3.05, 3.63) is 22.7 Å². The molecule has 1 aliphatic rings. The summed E-state index contributed by atoms with van der Waals surface area (Å²) in [6.45, 7) is 3.15. The van der Waals surface area contributed by atoms with E-state index >= 15 is 0 Å². The Kier molecular flexibility index (Phi) is 4.13. The lowest BCUT2D eigenvalue weighted by molar-refractivity contribution is 0.220. The van der Waals surface area contributed by atoms with Gasteiger partial charge in [0, 0.05) is 6.54 Å². The molecular formula is C13H18ClNO2. The highest BCUT2D eigenvalue weighted by Crippen LogP contribution is 2.35. The number of aromatic hydroxyl groups is 1. The van der Waals surface area contributed by atoms with Crippen LogP contribution in [0, 0.1) is 0 Å². The minimum atomic E-state index is 0.0246. The second kappa shape index (κ2) is 5.61. The van der Waals surface area contributed by atoms with E-state index in [2.05, 4.69) is 4.90 Å². The van der Waals surface area contributed by atoms with Gasteiger partial charge in [-0.2, -0.15) is 0 Å². The van der Waals surface area contributed by atoms with E-state index in [0.29, 0.717) is 10.8 Å². The van der Waals surface area contributed by atoms with Crippen LogP contribution in [0.5, 0.6) is 11.5 Å². The van der Waals surface area contributed by atoms with Crippen molar-refractivity contribution < 1.29 is 9.84 Å². The topological polar surface area (TPSA) is 32.7 Å². The van der Waals surface area contributed by atoms with E-state index in [1.54, 1.807) is 0 Å². The summed E-state index contributed by atoms with van der Waals surface area (Å²) in [4.78, 5) is 2.41. The van der Waals surface area contributed by atoms with Crippen LogP contribution in [-0.4, -0.2) is 30.2 Å². The van der Waals surface area contributed by atoms with Gasteiger partial charge in [-0.25, -0.2) is 0 Å². The van der Waals surface area contributed by atoms with E-state index < -0.39 is 0 Å². The first-order valence-corrected chi connectivity index (χ1v) is 6.36. The van der Waals surface area contributed by atoms with Crippen molar-refractivity contribution >= 4 is 11.6 Å². The van der Waals surface area contributed by atoms with Crippen molar-refractivity contribution in [3.8, 4) is 11.5 Å². The Morgan fingerprint density at radius 3 is 2.65 bits per heavy atom. The van der Waals surface area contributed by atoms with Crippen LogP contribution in [-0.2, 0) is 6.54 Å². The maximum atomic E-state index is 9.66. The summed E-state index contributed by atoms with van der Waals surface area (Å²) in [6, 6.07) is 3.67. The van der Waals surface area contributed by atoms with Crippen molar-refractivity contribution in [1.82, 2.24) is 4.90 Å². The quantitative estimate of drug-likeness (QED) is 0.901. The van der Waals surface area contributed by atoms with Gasteiger partial charge in [0.15, 0.2) is 11.5 Å². The first kappa shape index (κ1) is 12.5. The smallest absolute Gasteiger partial charge is 0.176 e. The second-order valence-corrected chi connectivity index (χ2v) is 4.87. The molecule has 2 rings (SSSR count). The number of methoxy groups -OCH3 is 1. The van der Waals surface area contributed by atoms with Crippen molar-refractivity contribution in [3.63, 3.8) is 0 Å². The molecule has 17 heavy (non-hydrogen) atoms. The van der Waals surface area contributed by atoms with E-state index in [9.17, 15) is 5.11 Å². The SMILES string of the molecule is COc1cc(CN2CCCCC2)cc(Cl)c1O. The highest BCUT2D eigenvalue weighted by molar-refractivity contribution is 6.32. The highest BCUT2D eigenvalue weighted by Gasteiger charge is 2.13. The van der Waals surface area contributed by atoms with Crippen molar-refractivity contribution in [2.75, 3.05) is 20.2 Å². The van der Waals surface area contributed by atoms with Gasteiger partial charge in [0.05, 0.1) is 12.1 Å². The molecule has 1 aliphatic heterocycles. The minimum absolute atomic E-state index is 0.0246. The van der Waals surface area contributed by atoms with Crippen LogP contribution in [0.1, 0.15) is 24.8 Å². The number of halogens is 1. The molecule has 0 aromatic heterocycles. The molecule has 0 spiro atoms. The molecule has 0 unspecified atom stereocenters. The fourth-order valence-electron chi connectivity index (χ4n) is 2.25. The summed E-state index contributed by atoms with van der Waals surface area (Å²) in [7, 11) is 1.54. The average Bonchev–Trinajstić information content (AvgIpc) is 2.35. The summed E-state index contributed by atoms with van der Waals surface area (Å²) in [5, 5.41) is 10.0. The summed E-state index contributed by atoms with van der Waals surface area (Å²) in [5.74, 6) is 0.473. The average molecular weight is 256 g/mol. The molecule has 0 amide bonds. The fraction of sp³-hybridized carbons (Fsp3) is 0.538. The predicted octanol–water partition coefficient (Wildman–Crippen LogP) is 3.04. The Hall–Kier alpha value is -0.930. The Labute approximate surface area is 107 Å². The molecule has 0 bridgehead atoms. The molecule has 1 heterocycles. The predicted molar refractivity (Wildman–Crippen MR) is 68.8 cm³/mol. The molecular weight excluding hydrogens is 238 g/mol. The van der Waals surface area contributed by atoms with Gasteiger partial charge in [0.2, 0.25) is 0 Å². The number of ether oxygens (including phenoxy) is 1. The Balaban J connectivity index is 2.12. The molecule has 1 saturated heterocycles. The summed E-state index contributed by atoms with van der Waals surface area (Å²) >= 11 is 5.97. The zero-order chi connectivity index (χ0) is 12.3. The molecule has 0 aliphatic carbocycles. The van der Waals surface area contributed by atoms with Crippen LogP contribution < -0.4 is 4.74 Å². The molecule has 1 N–H and O–H groups in total. The number of hydrogen-bond acceptors (Lipinski definition) is 3. The van der Waals surface area contributed by atoms with Crippen LogP contribution >= 0.6 is 11.6 Å². The van der Waals surface area contributed by atoms with E-state index in [0.717, 1.165) is 25.2 Å². The first-order valence-electron chi connectivity index (χ1n) is 5.98. The second-order valence-electron chi connectivity index (χ2n) is 4.47. The summed E-state index contributed by atoms with van der Waals surface area (Å²) < 4.78 is 5.10. The Bertz CT molecular complexity index is 389. The number of hydrogen-bond donors (Lipinski definition) is 1. The molecule has 0 radical (unpaired) electrons. The molecule has 0 atom stereocenters. The molecule has 1 aromatic carbocycles.